The first-order valence-electron chi connectivity index (χ1n) is 8.48. The van der Waals surface area contributed by atoms with Gasteiger partial charge in [-0.15, -0.1) is 21.5 Å². The number of thiazole rings is 1. The van der Waals surface area contributed by atoms with Crippen LogP contribution in [-0.2, 0) is 18.4 Å². The van der Waals surface area contributed by atoms with Crippen LogP contribution in [0.2, 0.25) is 0 Å². The van der Waals surface area contributed by atoms with Crippen LogP contribution in [0.4, 0.5) is 5.13 Å². The lowest BCUT2D eigenvalue weighted by Gasteiger charge is -2.10. The van der Waals surface area contributed by atoms with Gasteiger partial charge in [0.25, 0.3) is 0 Å². The normalized spacial score (nSPS) is 10.7. The quantitative estimate of drug-likeness (QED) is 0.561. The van der Waals surface area contributed by atoms with Crippen LogP contribution < -0.4 is 14.8 Å². The molecule has 8 nitrogen and oxygen atoms in total. The van der Waals surface area contributed by atoms with Crippen molar-refractivity contribution in [3.8, 4) is 11.5 Å². The predicted molar refractivity (Wildman–Crippen MR) is 109 cm³/mol. The number of thioether (sulfide) groups is 1. The third kappa shape index (κ3) is 4.82. The van der Waals surface area contributed by atoms with Crippen LogP contribution in [0.15, 0.2) is 29.4 Å². The van der Waals surface area contributed by atoms with Crippen molar-refractivity contribution >= 4 is 34.1 Å². The first-order valence-corrected chi connectivity index (χ1v) is 10.3. The molecule has 1 aromatic carbocycles. The van der Waals surface area contributed by atoms with Gasteiger partial charge in [0, 0.05) is 11.9 Å². The molecular weight excluding hydrogens is 398 g/mol. The average molecular weight is 420 g/mol. The highest BCUT2D eigenvalue weighted by molar-refractivity contribution is 7.99. The Morgan fingerprint density at radius 2 is 2.00 bits per heavy atom. The summed E-state index contributed by atoms with van der Waals surface area (Å²) < 4.78 is 12.9. The number of carbonyl (C=O) groups is 1. The molecule has 1 N–H and O–H groups in total. The number of aromatic nitrogens is 4. The van der Waals surface area contributed by atoms with Gasteiger partial charge in [0.2, 0.25) is 5.91 Å². The molecule has 0 saturated carbocycles. The highest BCUT2D eigenvalue weighted by Crippen LogP contribution is 2.27. The summed E-state index contributed by atoms with van der Waals surface area (Å²) >= 11 is 2.78. The molecule has 0 atom stereocenters. The molecule has 0 radical (unpaired) electrons. The molecule has 0 unspecified atom stereocenters. The maximum absolute atomic E-state index is 12.1. The number of hydrogen-bond acceptors (Lipinski definition) is 8. The Morgan fingerprint density at radius 1 is 1.25 bits per heavy atom. The number of aryl methyl sites for hydroxylation is 2. The molecule has 0 fully saturated rings. The van der Waals surface area contributed by atoms with E-state index in [4.69, 9.17) is 9.47 Å². The topological polar surface area (TPSA) is 91.2 Å². The van der Waals surface area contributed by atoms with E-state index in [0.717, 1.165) is 10.6 Å². The number of hydrogen-bond donors (Lipinski definition) is 1. The summed E-state index contributed by atoms with van der Waals surface area (Å²) in [7, 11) is 3.44. The molecular formula is C18H21N5O3S2. The number of rotatable bonds is 8. The van der Waals surface area contributed by atoms with Gasteiger partial charge in [-0.2, -0.15) is 0 Å². The maximum atomic E-state index is 12.1. The standard InChI is InChI=1S/C18H21N5O3S2/c1-11-12(2)28-17(19-11)20-16(24)10-27-18-22-21-15(23(18)3)9-26-14-8-6-5-7-13(14)25-4/h5-8H,9-10H2,1-4H3,(H,19,20,24). The summed E-state index contributed by atoms with van der Waals surface area (Å²) in [6.07, 6.45) is 0. The van der Waals surface area contributed by atoms with E-state index < -0.39 is 0 Å². The fourth-order valence-corrected chi connectivity index (χ4v) is 3.85. The van der Waals surface area contributed by atoms with Gasteiger partial charge in [-0.3, -0.25) is 4.79 Å². The summed E-state index contributed by atoms with van der Waals surface area (Å²) in [6.45, 7) is 4.14. The first kappa shape index (κ1) is 20.2. The second-order valence-electron chi connectivity index (χ2n) is 5.89. The number of benzene rings is 1. The van der Waals surface area contributed by atoms with Crippen LogP contribution in [0.3, 0.4) is 0 Å². The van der Waals surface area contributed by atoms with Crippen LogP contribution in [0.1, 0.15) is 16.4 Å². The molecule has 3 rings (SSSR count). The Hall–Kier alpha value is -2.59. The van der Waals surface area contributed by atoms with Crippen LogP contribution in [-0.4, -0.2) is 38.5 Å². The lowest BCUT2D eigenvalue weighted by molar-refractivity contribution is -0.113. The van der Waals surface area contributed by atoms with E-state index in [2.05, 4.69) is 20.5 Å². The molecule has 10 heteroatoms. The number of methoxy groups -OCH3 is 1. The highest BCUT2D eigenvalue weighted by Gasteiger charge is 2.14. The Morgan fingerprint density at radius 3 is 2.68 bits per heavy atom. The van der Waals surface area contributed by atoms with Crippen molar-refractivity contribution in [3.05, 3.63) is 40.7 Å². The van der Waals surface area contributed by atoms with Gasteiger partial charge in [0.05, 0.1) is 18.6 Å². The number of carbonyl (C=O) groups excluding carboxylic acids is 1. The smallest absolute Gasteiger partial charge is 0.236 e. The summed E-state index contributed by atoms with van der Waals surface area (Å²) in [6, 6.07) is 7.41. The monoisotopic (exact) mass is 419 g/mol. The van der Waals surface area contributed by atoms with E-state index in [1.165, 1.54) is 23.1 Å². The first-order chi connectivity index (χ1) is 13.5. The van der Waals surface area contributed by atoms with Crippen molar-refractivity contribution in [2.75, 3.05) is 18.2 Å². The van der Waals surface area contributed by atoms with Crippen LogP contribution >= 0.6 is 23.1 Å². The minimum absolute atomic E-state index is 0.131. The van der Waals surface area contributed by atoms with Crippen molar-refractivity contribution in [2.24, 2.45) is 7.05 Å². The summed E-state index contributed by atoms with van der Waals surface area (Å²) in [4.78, 5) is 17.5. The minimum Gasteiger partial charge on any atom is -0.493 e. The van der Waals surface area contributed by atoms with Crippen molar-refractivity contribution in [2.45, 2.75) is 25.6 Å². The molecule has 0 spiro atoms. The van der Waals surface area contributed by atoms with E-state index in [9.17, 15) is 4.79 Å². The van der Waals surface area contributed by atoms with Gasteiger partial charge in [-0.1, -0.05) is 23.9 Å². The second-order valence-corrected chi connectivity index (χ2v) is 8.04. The zero-order chi connectivity index (χ0) is 20.1. The number of nitrogens with one attached hydrogen (secondary N) is 1. The largest absolute Gasteiger partial charge is 0.493 e. The number of amides is 1. The predicted octanol–water partition coefficient (Wildman–Crippen LogP) is 3.21. The minimum atomic E-state index is -0.131. The molecule has 3 aromatic rings. The zero-order valence-electron chi connectivity index (χ0n) is 16.1. The number of anilines is 1. The number of ether oxygens (including phenoxy) is 2. The molecule has 2 aromatic heterocycles. The van der Waals surface area contributed by atoms with Crippen molar-refractivity contribution in [3.63, 3.8) is 0 Å². The van der Waals surface area contributed by atoms with Gasteiger partial charge < -0.3 is 19.4 Å². The molecule has 0 aliphatic heterocycles. The third-order valence-electron chi connectivity index (χ3n) is 3.96. The second kappa shape index (κ2) is 9.07. The summed E-state index contributed by atoms with van der Waals surface area (Å²) in [5.41, 5.74) is 0.931. The Kier molecular flexibility index (Phi) is 6.53. The molecule has 0 aliphatic carbocycles. The Labute approximate surface area is 171 Å². The molecule has 1 amide bonds. The van der Waals surface area contributed by atoms with Crippen LogP contribution in [0, 0.1) is 13.8 Å². The van der Waals surface area contributed by atoms with E-state index in [1.54, 1.807) is 7.11 Å². The maximum Gasteiger partial charge on any atom is 0.236 e. The van der Waals surface area contributed by atoms with Gasteiger partial charge in [-0.25, -0.2) is 4.98 Å². The summed E-state index contributed by atoms with van der Waals surface area (Å²) in [5, 5.41) is 12.4. The average Bonchev–Trinajstić information content (AvgIpc) is 3.19. The molecule has 0 aliphatic rings. The van der Waals surface area contributed by atoms with Gasteiger partial charge in [0.15, 0.2) is 27.6 Å². The van der Waals surface area contributed by atoms with Gasteiger partial charge in [-0.05, 0) is 26.0 Å². The molecule has 148 valence electrons. The van der Waals surface area contributed by atoms with Crippen LogP contribution in [0.5, 0.6) is 11.5 Å². The third-order valence-corrected chi connectivity index (χ3v) is 5.97. The van der Waals surface area contributed by atoms with E-state index in [-0.39, 0.29) is 18.3 Å². The molecule has 28 heavy (non-hydrogen) atoms. The van der Waals surface area contributed by atoms with Crippen LogP contribution in [0.25, 0.3) is 0 Å². The fourth-order valence-electron chi connectivity index (χ4n) is 2.29. The van der Waals surface area contributed by atoms with E-state index >= 15 is 0 Å². The van der Waals surface area contributed by atoms with Gasteiger partial charge >= 0.3 is 0 Å². The number of para-hydroxylation sites is 2. The summed E-state index contributed by atoms with van der Waals surface area (Å²) in [5.74, 6) is 2.03. The Bertz CT molecular complexity index is 951. The Balaban J connectivity index is 1.54. The van der Waals surface area contributed by atoms with Gasteiger partial charge in [0.1, 0.15) is 6.61 Å². The fraction of sp³-hybridized carbons (Fsp3) is 0.333. The van der Waals surface area contributed by atoms with Crippen molar-refractivity contribution < 1.29 is 14.3 Å². The van der Waals surface area contributed by atoms with Crippen molar-refractivity contribution in [1.29, 1.82) is 0 Å². The van der Waals surface area contributed by atoms with E-state index in [1.807, 2.05) is 49.7 Å². The molecule has 2 heterocycles. The zero-order valence-corrected chi connectivity index (χ0v) is 17.7. The van der Waals surface area contributed by atoms with Crippen molar-refractivity contribution in [1.82, 2.24) is 19.7 Å². The SMILES string of the molecule is COc1ccccc1OCc1nnc(SCC(=O)Nc2nc(C)c(C)s2)n1C. The molecule has 0 saturated heterocycles. The molecule has 0 bridgehead atoms. The highest BCUT2D eigenvalue weighted by atomic mass is 32.2. The number of nitrogens with zero attached hydrogens (tertiary/aromatic N) is 4. The van der Waals surface area contributed by atoms with E-state index in [0.29, 0.717) is 27.6 Å². The lowest BCUT2D eigenvalue weighted by Crippen LogP contribution is -2.14. The lowest BCUT2D eigenvalue weighted by atomic mass is 10.3.